The fourth-order valence-electron chi connectivity index (χ4n) is 1.89. The van der Waals surface area contributed by atoms with Crippen LogP contribution in [0.1, 0.15) is 10.4 Å². The van der Waals surface area contributed by atoms with Crippen LogP contribution in [0, 0.1) is 5.21 Å². The topological polar surface area (TPSA) is 125 Å². The Bertz CT molecular complexity index is 647. The van der Waals surface area contributed by atoms with Crippen molar-refractivity contribution in [3.63, 3.8) is 0 Å². The molecule has 0 spiro atoms. The van der Waals surface area contributed by atoms with E-state index in [4.69, 9.17) is 9.94 Å². The predicted molar refractivity (Wildman–Crippen MR) is 90.4 cm³/mol. The van der Waals surface area contributed by atoms with Gasteiger partial charge in [0.2, 0.25) is 5.91 Å². The van der Waals surface area contributed by atoms with Crippen LogP contribution in [0.5, 0.6) is 0 Å². The zero-order valence-electron chi connectivity index (χ0n) is 14.5. The molecule has 0 saturated heterocycles. The van der Waals surface area contributed by atoms with Crippen molar-refractivity contribution in [1.82, 2.24) is 10.2 Å². The van der Waals surface area contributed by atoms with Crippen LogP contribution < -0.4 is 15.4 Å². The quantitative estimate of drug-likeness (QED) is 0.510. The van der Waals surface area contributed by atoms with Gasteiger partial charge in [-0.05, 0) is 18.2 Å². The maximum atomic E-state index is 12.2. The number of carbonyl (C=O) groups excluding carboxylic acids is 3. The number of esters is 1. The number of rotatable bonds is 7. The van der Waals surface area contributed by atoms with E-state index in [-0.39, 0.29) is 28.9 Å². The van der Waals surface area contributed by atoms with Crippen LogP contribution in [0.3, 0.4) is 0 Å². The number of hydrogen-bond donors (Lipinski definition) is 2. The van der Waals surface area contributed by atoms with Gasteiger partial charge in [-0.1, -0.05) is 0 Å². The first-order valence-corrected chi connectivity index (χ1v) is 7.26. The molecular formula is C15H21N4O6-. The Morgan fingerprint density at radius 3 is 2.40 bits per heavy atom. The number of likely N-dealkylation sites (N-methyl/N-ethyl adjacent to an activating group) is 2. The Hall–Kier alpha value is -2.85. The van der Waals surface area contributed by atoms with Gasteiger partial charge in [0.15, 0.2) is 6.61 Å². The lowest BCUT2D eigenvalue weighted by atomic mass is 10.1. The van der Waals surface area contributed by atoms with Gasteiger partial charge in [0, 0.05) is 28.2 Å². The summed E-state index contributed by atoms with van der Waals surface area (Å²) >= 11 is 0. The SMILES string of the molecule is CNC(=O)CN(C)C(=O)COC(=O)c1cc(N([O-])O)ccc1N(C)C. The molecule has 10 nitrogen and oxygen atoms in total. The molecule has 1 aromatic carbocycles. The number of benzene rings is 1. The van der Waals surface area contributed by atoms with Crippen LogP contribution in [-0.4, -0.2) is 69.2 Å². The molecule has 0 atom stereocenters. The molecule has 0 aliphatic rings. The average Bonchev–Trinajstić information content (AvgIpc) is 2.58. The summed E-state index contributed by atoms with van der Waals surface area (Å²) in [6.07, 6.45) is 0. The number of amides is 2. The Morgan fingerprint density at radius 1 is 1.24 bits per heavy atom. The largest absolute Gasteiger partial charge is 0.733 e. The Balaban J connectivity index is 2.84. The van der Waals surface area contributed by atoms with E-state index in [2.05, 4.69) is 5.32 Å². The van der Waals surface area contributed by atoms with E-state index in [1.54, 1.807) is 19.0 Å². The molecule has 0 saturated carbocycles. The van der Waals surface area contributed by atoms with Crippen molar-refractivity contribution < 1.29 is 24.3 Å². The lowest BCUT2D eigenvalue weighted by Gasteiger charge is -2.24. The number of ether oxygens (including phenoxy) is 1. The number of anilines is 2. The first kappa shape index (κ1) is 20.2. The van der Waals surface area contributed by atoms with E-state index in [9.17, 15) is 19.6 Å². The first-order valence-electron chi connectivity index (χ1n) is 7.26. The van der Waals surface area contributed by atoms with E-state index in [0.29, 0.717) is 5.69 Å². The molecule has 1 rings (SSSR count). The van der Waals surface area contributed by atoms with Gasteiger partial charge in [0.05, 0.1) is 23.5 Å². The molecule has 0 fully saturated rings. The molecule has 2 amide bonds. The van der Waals surface area contributed by atoms with Crippen LogP contribution in [0.25, 0.3) is 0 Å². The van der Waals surface area contributed by atoms with E-state index in [1.165, 1.54) is 26.2 Å². The van der Waals surface area contributed by atoms with Crippen molar-refractivity contribution in [3.05, 3.63) is 29.0 Å². The Kier molecular flexibility index (Phi) is 7.15. The summed E-state index contributed by atoms with van der Waals surface area (Å²) in [5.41, 5.74) is 0.307. The van der Waals surface area contributed by atoms with Crippen molar-refractivity contribution in [2.45, 2.75) is 0 Å². The third-order valence-corrected chi connectivity index (χ3v) is 3.31. The molecule has 1 aromatic rings. The van der Waals surface area contributed by atoms with E-state index in [0.717, 1.165) is 11.0 Å². The number of carbonyl (C=O) groups is 3. The molecule has 0 radical (unpaired) electrons. The highest BCUT2D eigenvalue weighted by Gasteiger charge is 2.19. The standard InChI is InChI=1S/C15H21N4O6/c1-16-13(20)8-18(4)14(21)9-25-15(22)11-7-10(19(23)24)5-6-12(11)17(2)3/h5-7,23H,8-9H2,1-4H3,(H,16,20)/q-1. The minimum absolute atomic E-state index is 0.0131. The summed E-state index contributed by atoms with van der Waals surface area (Å²) in [5, 5.41) is 22.0. The van der Waals surface area contributed by atoms with Crippen LogP contribution >= 0.6 is 0 Å². The second-order valence-electron chi connectivity index (χ2n) is 5.37. The molecule has 0 heterocycles. The molecule has 10 heteroatoms. The smallest absolute Gasteiger partial charge is 0.340 e. The highest BCUT2D eigenvalue weighted by molar-refractivity contribution is 5.98. The molecule has 25 heavy (non-hydrogen) atoms. The fourth-order valence-corrected chi connectivity index (χ4v) is 1.89. The number of hydrogen-bond acceptors (Lipinski definition) is 8. The lowest BCUT2D eigenvalue weighted by molar-refractivity contribution is -0.137. The van der Waals surface area contributed by atoms with Crippen LogP contribution in [0.4, 0.5) is 11.4 Å². The van der Waals surface area contributed by atoms with Crippen LogP contribution in [0.15, 0.2) is 18.2 Å². The van der Waals surface area contributed by atoms with Crippen molar-refractivity contribution in [2.75, 3.05) is 51.5 Å². The minimum Gasteiger partial charge on any atom is -0.733 e. The molecule has 0 aliphatic heterocycles. The zero-order chi connectivity index (χ0) is 19.1. The summed E-state index contributed by atoms with van der Waals surface area (Å²) in [6.45, 7) is -0.732. The summed E-state index contributed by atoms with van der Waals surface area (Å²) in [5.74, 6) is -1.76. The van der Waals surface area contributed by atoms with Gasteiger partial charge in [-0.3, -0.25) is 14.8 Å². The van der Waals surface area contributed by atoms with Gasteiger partial charge in [0.25, 0.3) is 5.91 Å². The Morgan fingerprint density at radius 2 is 1.88 bits per heavy atom. The Labute approximate surface area is 145 Å². The van der Waals surface area contributed by atoms with E-state index < -0.39 is 18.5 Å². The van der Waals surface area contributed by atoms with E-state index >= 15 is 0 Å². The molecule has 0 aliphatic carbocycles. The molecule has 0 bridgehead atoms. The number of nitrogens with one attached hydrogen (secondary N) is 1. The van der Waals surface area contributed by atoms with Gasteiger partial charge in [-0.25, -0.2) is 4.79 Å². The molecule has 0 unspecified atom stereocenters. The monoisotopic (exact) mass is 353 g/mol. The highest BCUT2D eigenvalue weighted by Crippen LogP contribution is 2.25. The maximum Gasteiger partial charge on any atom is 0.340 e. The van der Waals surface area contributed by atoms with Crippen molar-refractivity contribution in [3.8, 4) is 0 Å². The molecular weight excluding hydrogens is 332 g/mol. The first-order chi connectivity index (χ1) is 11.7. The van der Waals surface area contributed by atoms with Gasteiger partial charge in [-0.2, -0.15) is 0 Å². The summed E-state index contributed by atoms with van der Waals surface area (Å²) in [6, 6.07) is 3.96. The third kappa shape index (κ3) is 5.62. The predicted octanol–water partition coefficient (Wildman–Crippen LogP) is -0.193. The summed E-state index contributed by atoms with van der Waals surface area (Å²) < 4.78 is 4.96. The molecule has 2 N–H and O–H groups in total. The van der Waals surface area contributed by atoms with Crippen molar-refractivity contribution in [2.24, 2.45) is 0 Å². The normalized spacial score (nSPS) is 10.0. The van der Waals surface area contributed by atoms with Gasteiger partial charge in [0.1, 0.15) is 0 Å². The highest BCUT2D eigenvalue weighted by atomic mass is 16.8. The van der Waals surface area contributed by atoms with Gasteiger partial charge >= 0.3 is 5.97 Å². The summed E-state index contributed by atoms with van der Waals surface area (Å²) in [4.78, 5) is 38.1. The van der Waals surface area contributed by atoms with Crippen molar-refractivity contribution in [1.29, 1.82) is 0 Å². The second-order valence-corrected chi connectivity index (χ2v) is 5.37. The van der Waals surface area contributed by atoms with Crippen LogP contribution in [0.2, 0.25) is 0 Å². The zero-order valence-corrected chi connectivity index (χ0v) is 14.5. The second kappa shape index (κ2) is 8.85. The van der Waals surface area contributed by atoms with Crippen molar-refractivity contribution >= 4 is 29.2 Å². The van der Waals surface area contributed by atoms with Crippen LogP contribution in [-0.2, 0) is 14.3 Å². The van der Waals surface area contributed by atoms with Gasteiger partial charge in [-0.15, -0.1) is 0 Å². The maximum absolute atomic E-state index is 12.2. The minimum atomic E-state index is -0.839. The fraction of sp³-hybridized carbons (Fsp3) is 0.400. The van der Waals surface area contributed by atoms with E-state index in [1.807, 2.05) is 0 Å². The lowest BCUT2D eigenvalue weighted by Crippen LogP contribution is -2.39. The van der Waals surface area contributed by atoms with Gasteiger partial charge < -0.3 is 30.3 Å². The summed E-state index contributed by atoms with van der Waals surface area (Å²) in [7, 11) is 6.21. The average molecular weight is 353 g/mol. The third-order valence-electron chi connectivity index (χ3n) is 3.31. The molecule has 0 aromatic heterocycles. The number of nitrogens with zero attached hydrogens (tertiary/aromatic N) is 3. The molecule has 138 valence electrons.